The quantitative estimate of drug-likeness (QED) is 0.808. The molecule has 1 aromatic rings. The third kappa shape index (κ3) is 1.95. The average Bonchev–Trinajstić information content (AvgIpc) is 2.36. The molecule has 1 heterocycles. The van der Waals surface area contributed by atoms with Gasteiger partial charge in [-0.3, -0.25) is 0 Å². The Kier molecular flexibility index (Phi) is 3.52. The van der Waals surface area contributed by atoms with E-state index in [4.69, 9.17) is 0 Å². The van der Waals surface area contributed by atoms with E-state index in [2.05, 4.69) is 38.2 Å². The van der Waals surface area contributed by atoms with Crippen molar-refractivity contribution in [2.45, 2.75) is 58.9 Å². The highest BCUT2D eigenvalue weighted by Crippen LogP contribution is 2.32. The summed E-state index contributed by atoms with van der Waals surface area (Å²) >= 11 is 0. The van der Waals surface area contributed by atoms with Gasteiger partial charge in [-0.2, -0.15) is 0 Å². The zero-order valence-electron chi connectivity index (χ0n) is 10.8. The summed E-state index contributed by atoms with van der Waals surface area (Å²) < 4.78 is 0. The van der Waals surface area contributed by atoms with Crippen LogP contribution in [0.4, 0.5) is 5.69 Å². The van der Waals surface area contributed by atoms with Crippen molar-refractivity contribution >= 4 is 5.69 Å². The van der Waals surface area contributed by atoms with Gasteiger partial charge in [-0.05, 0) is 48.8 Å². The molecule has 1 unspecified atom stereocenters. The molecule has 2 rings (SSSR count). The lowest BCUT2D eigenvalue weighted by atomic mass is 9.90. The van der Waals surface area contributed by atoms with Crippen molar-refractivity contribution < 1.29 is 0 Å². The SMILES string of the molecule is CCc1ccc2c(c1CC)NC(CC)CC2. The molecule has 0 amide bonds. The molecule has 16 heavy (non-hydrogen) atoms. The number of anilines is 1. The number of nitrogens with one attached hydrogen (secondary N) is 1. The Hall–Kier alpha value is -0.980. The van der Waals surface area contributed by atoms with E-state index in [0.29, 0.717) is 6.04 Å². The molecule has 1 aliphatic rings. The Morgan fingerprint density at radius 3 is 2.62 bits per heavy atom. The molecule has 1 nitrogen and oxygen atoms in total. The Morgan fingerprint density at radius 2 is 2.00 bits per heavy atom. The van der Waals surface area contributed by atoms with Crippen molar-refractivity contribution in [1.82, 2.24) is 0 Å². The molecule has 0 bridgehead atoms. The fraction of sp³-hybridized carbons (Fsp3) is 0.600. The molecular weight excluding hydrogens is 194 g/mol. The number of hydrogen-bond acceptors (Lipinski definition) is 1. The number of fused-ring (bicyclic) bond motifs is 1. The van der Waals surface area contributed by atoms with Crippen LogP contribution in [0.5, 0.6) is 0 Å². The van der Waals surface area contributed by atoms with Gasteiger partial charge in [-0.1, -0.05) is 32.9 Å². The molecule has 88 valence electrons. The molecular formula is C15H23N. The first-order chi connectivity index (χ1) is 7.80. The maximum Gasteiger partial charge on any atom is 0.0410 e. The zero-order chi connectivity index (χ0) is 11.5. The number of rotatable bonds is 3. The van der Waals surface area contributed by atoms with Crippen molar-refractivity contribution in [3.05, 3.63) is 28.8 Å². The standard InChI is InChI=1S/C15H23N/c1-4-11-7-8-12-9-10-13(5-2)16-15(12)14(11)6-3/h7-8,13,16H,4-6,9-10H2,1-3H3. The minimum Gasteiger partial charge on any atom is -0.382 e. The Balaban J connectivity index is 2.41. The third-order valence-electron chi connectivity index (χ3n) is 3.83. The van der Waals surface area contributed by atoms with Crippen LogP contribution in [0.3, 0.4) is 0 Å². The van der Waals surface area contributed by atoms with Crippen LogP contribution in [0.1, 0.15) is 50.3 Å². The minimum absolute atomic E-state index is 0.685. The Morgan fingerprint density at radius 1 is 1.19 bits per heavy atom. The van der Waals surface area contributed by atoms with E-state index >= 15 is 0 Å². The highest BCUT2D eigenvalue weighted by atomic mass is 14.9. The lowest BCUT2D eigenvalue weighted by Gasteiger charge is -2.29. The predicted molar refractivity (Wildman–Crippen MR) is 71.2 cm³/mol. The molecule has 1 aromatic carbocycles. The fourth-order valence-electron chi connectivity index (χ4n) is 2.77. The van der Waals surface area contributed by atoms with Gasteiger partial charge in [-0.25, -0.2) is 0 Å². The molecule has 1 atom stereocenters. The maximum absolute atomic E-state index is 3.74. The fourth-order valence-corrected chi connectivity index (χ4v) is 2.77. The second kappa shape index (κ2) is 4.90. The topological polar surface area (TPSA) is 12.0 Å². The molecule has 0 radical (unpaired) electrons. The van der Waals surface area contributed by atoms with Crippen LogP contribution in [-0.4, -0.2) is 6.04 Å². The second-order valence-corrected chi connectivity index (χ2v) is 4.73. The van der Waals surface area contributed by atoms with E-state index in [0.717, 1.165) is 12.8 Å². The van der Waals surface area contributed by atoms with E-state index < -0.39 is 0 Å². The van der Waals surface area contributed by atoms with E-state index in [1.807, 2.05) is 0 Å². The Bertz CT molecular complexity index is 368. The monoisotopic (exact) mass is 217 g/mol. The third-order valence-corrected chi connectivity index (χ3v) is 3.83. The van der Waals surface area contributed by atoms with E-state index in [1.54, 1.807) is 5.56 Å². The smallest absolute Gasteiger partial charge is 0.0410 e. The highest BCUT2D eigenvalue weighted by Gasteiger charge is 2.19. The summed E-state index contributed by atoms with van der Waals surface area (Å²) in [4.78, 5) is 0. The van der Waals surface area contributed by atoms with Crippen LogP contribution in [-0.2, 0) is 19.3 Å². The largest absolute Gasteiger partial charge is 0.382 e. The van der Waals surface area contributed by atoms with Crippen LogP contribution in [0.2, 0.25) is 0 Å². The van der Waals surface area contributed by atoms with Crippen LogP contribution < -0.4 is 5.32 Å². The van der Waals surface area contributed by atoms with Gasteiger partial charge in [0, 0.05) is 11.7 Å². The van der Waals surface area contributed by atoms with Gasteiger partial charge >= 0.3 is 0 Å². The summed E-state index contributed by atoms with van der Waals surface area (Å²) in [5, 5.41) is 3.74. The molecule has 0 aliphatic carbocycles. The van der Waals surface area contributed by atoms with Gasteiger partial charge in [0.15, 0.2) is 0 Å². The first-order valence-electron chi connectivity index (χ1n) is 6.70. The van der Waals surface area contributed by atoms with Crippen molar-refractivity contribution in [3.63, 3.8) is 0 Å². The second-order valence-electron chi connectivity index (χ2n) is 4.73. The molecule has 0 saturated carbocycles. The van der Waals surface area contributed by atoms with Crippen molar-refractivity contribution in [1.29, 1.82) is 0 Å². The van der Waals surface area contributed by atoms with Crippen molar-refractivity contribution in [2.24, 2.45) is 0 Å². The summed E-state index contributed by atoms with van der Waals surface area (Å²) in [7, 11) is 0. The Labute approximate surface area is 99.3 Å². The van der Waals surface area contributed by atoms with Gasteiger partial charge in [0.25, 0.3) is 0 Å². The highest BCUT2D eigenvalue weighted by molar-refractivity contribution is 5.62. The number of aryl methyl sites for hydroxylation is 2. The maximum atomic E-state index is 3.74. The van der Waals surface area contributed by atoms with Gasteiger partial charge < -0.3 is 5.32 Å². The zero-order valence-corrected chi connectivity index (χ0v) is 10.8. The summed E-state index contributed by atoms with van der Waals surface area (Å²) in [5.74, 6) is 0. The van der Waals surface area contributed by atoms with E-state index in [-0.39, 0.29) is 0 Å². The summed E-state index contributed by atoms with van der Waals surface area (Å²) in [6.45, 7) is 6.80. The van der Waals surface area contributed by atoms with Gasteiger partial charge in [-0.15, -0.1) is 0 Å². The van der Waals surface area contributed by atoms with Crippen molar-refractivity contribution in [3.8, 4) is 0 Å². The summed E-state index contributed by atoms with van der Waals surface area (Å²) in [5.41, 5.74) is 6.06. The average molecular weight is 217 g/mol. The van der Waals surface area contributed by atoms with E-state index in [9.17, 15) is 0 Å². The van der Waals surface area contributed by atoms with Gasteiger partial charge in [0.1, 0.15) is 0 Å². The molecule has 1 N–H and O–H groups in total. The minimum atomic E-state index is 0.685. The van der Waals surface area contributed by atoms with Gasteiger partial charge in [0.05, 0.1) is 0 Å². The van der Waals surface area contributed by atoms with Crippen LogP contribution in [0.25, 0.3) is 0 Å². The molecule has 0 aromatic heterocycles. The molecule has 1 heteroatoms. The molecule has 0 spiro atoms. The number of benzene rings is 1. The predicted octanol–water partition coefficient (Wildman–Crippen LogP) is 3.95. The lowest BCUT2D eigenvalue weighted by molar-refractivity contribution is 0.612. The summed E-state index contributed by atoms with van der Waals surface area (Å²) in [6.07, 6.45) is 6.07. The molecule has 0 saturated heterocycles. The van der Waals surface area contributed by atoms with Crippen LogP contribution >= 0.6 is 0 Å². The lowest BCUT2D eigenvalue weighted by Crippen LogP contribution is -2.25. The van der Waals surface area contributed by atoms with Crippen molar-refractivity contribution in [2.75, 3.05) is 5.32 Å². The number of hydrogen-bond donors (Lipinski definition) is 1. The molecule has 1 aliphatic heterocycles. The van der Waals surface area contributed by atoms with Crippen LogP contribution in [0, 0.1) is 0 Å². The van der Waals surface area contributed by atoms with Crippen LogP contribution in [0.15, 0.2) is 12.1 Å². The normalized spacial score (nSPS) is 19.1. The first kappa shape index (κ1) is 11.5. The van der Waals surface area contributed by atoms with Gasteiger partial charge in [0.2, 0.25) is 0 Å². The molecule has 0 fully saturated rings. The first-order valence-corrected chi connectivity index (χ1v) is 6.70. The van der Waals surface area contributed by atoms with E-state index in [1.165, 1.54) is 36.1 Å². The summed E-state index contributed by atoms with van der Waals surface area (Å²) in [6, 6.07) is 5.34.